The van der Waals surface area contributed by atoms with Crippen molar-refractivity contribution in [3.8, 4) is 6.07 Å². The molecule has 12 heteroatoms. The number of carboxylic acid groups (broad SMARTS) is 1. The highest BCUT2D eigenvalue weighted by molar-refractivity contribution is 5.92. The SMILES string of the molecule is C=C(NC1=C(C(=O)O)C=C=C=C1)c1cc(C)cn2c(=O)c(C)c(N3CCN(c4ccc(C(F)(F)F)cc4C#N)CC3C)nc12. The summed E-state index contributed by atoms with van der Waals surface area (Å²) < 4.78 is 41.1. The Bertz CT molecular complexity index is 1970. The Morgan fingerprint density at radius 1 is 1.20 bits per heavy atom. The van der Waals surface area contributed by atoms with E-state index in [4.69, 9.17) is 4.98 Å². The number of nitriles is 1. The Hall–Kier alpha value is -5.49. The van der Waals surface area contributed by atoms with E-state index in [1.165, 1.54) is 22.6 Å². The van der Waals surface area contributed by atoms with Gasteiger partial charge in [-0.15, -0.1) is 0 Å². The van der Waals surface area contributed by atoms with E-state index in [9.17, 15) is 33.1 Å². The fraction of sp³-hybridized carbons (Fsp3) is 0.250. The van der Waals surface area contributed by atoms with Gasteiger partial charge in [-0.25, -0.2) is 9.78 Å². The predicted molar refractivity (Wildman–Crippen MR) is 159 cm³/mol. The van der Waals surface area contributed by atoms with Crippen molar-refractivity contribution in [2.24, 2.45) is 0 Å². The zero-order valence-corrected chi connectivity index (χ0v) is 24.1. The Morgan fingerprint density at radius 3 is 2.59 bits per heavy atom. The third-order valence-corrected chi connectivity index (χ3v) is 7.59. The summed E-state index contributed by atoms with van der Waals surface area (Å²) in [6, 6.07) is 6.61. The lowest BCUT2D eigenvalue weighted by atomic mass is 10.1. The van der Waals surface area contributed by atoms with Gasteiger partial charge in [-0.3, -0.25) is 9.20 Å². The van der Waals surface area contributed by atoms with E-state index >= 15 is 0 Å². The fourth-order valence-electron chi connectivity index (χ4n) is 5.42. The van der Waals surface area contributed by atoms with Crippen molar-refractivity contribution < 1.29 is 23.1 Å². The molecular formula is C32H27F3N6O3. The number of allylic oxidation sites excluding steroid dienone is 1. The Labute approximate surface area is 250 Å². The zero-order chi connectivity index (χ0) is 31.9. The van der Waals surface area contributed by atoms with E-state index in [0.717, 1.165) is 17.7 Å². The second-order valence-electron chi connectivity index (χ2n) is 10.6. The number of aryl methyl sites for hydroxylation is 1. The number of nitrogens with zero attached hydrogens (tertiary/aromatic N) is 5. The number of alkyl halides is 3. The molecule has 1 aliphatic heterocycles. The van der Waals surface area contributed by atoms with Crippen LogP contribution in [0.15, 0.2) is 76.7 Å². The quantitative estimate of drug-likeness (QED) is 0.392. The maximum absolute atomic E-state index is 13.6. The lowest BCUT2D eigenvalue weighted by Gasteiger charge is -2.42. The second kappa shape index (κ2) is 11.3. The molecule has 2 aliphatic rings. The largest absolute Gasteiger partial charge is 0.478 e. The van der Waals surface area contributed by atoms with Gasteiger partial charge in [0.05, 0.1) is 33.6 Å². The standard InChI is InChI=1S/C32H27F3N6O3/c1-18-13-25(21(4)37-26-8-6-5-7-24(26)31(43)44)29-38-28(20(3)30(42)41(29)16-18)40-12-11-39(17-19(40)2)27-10-9-23(32(33,34)35)14-22(27)15-36/h7-10,13-14,16,19,37H,4,11-12,17H2,1-3H3,(H,43,44). The highest BCUT2D eigenvalue weighted by atomic mass is 19.4. The third-order valence-electron chi connectivity index (χ3n) is 7.59. The van der Waals surface area contributed by atoms with E-state index in [2.05, 4.69) is 23.4 Å². The molecule has 1 aliphatic carbocycles. The molecule has 9 nitrogen and oxygen atoms in total. The van der Waals surface area contributed by atoms with E-state index in [0.29, 0.717) is 53.6 Å². The Kier molecular flexibility index (Phi) is 7.70. The molecule has 5 rings (SSSR count). The van der Waals surface area contributed by atoms with E-state index < -0.39 is 17.7 Å². The molecule has 0 spiro atoms. The molecule has 2 N–H and O–H groups in total. The fourth-order valence-corrected chi connectivity index (χ4v) is 5.42. The van der Waals surface area contributed by atoms with Gasteiger partial charge >= 0.3 is 12.1 Å². The number of anilines is 2. The molecule has 0 radical (unpaired) electrons. The molecule has 3 aromatic rings. The number of aromatic nitrogens is 2. The van der Waals surface area contributed by atoms with Crippen LogP contribution in [0.3, 0.4) is 0 Å². The number of halogens is 3. The van der Waals surface area contributed by atoms with Gasteiger partial charge in [0, 0.05) is 55.3 Å². The maximum Gasteiger partial charge on any atom is 0.416 e. The third kappa shape index (κ3) is 5.50. The molecule has 1 atom stereocenters. The summed E-state index contributed by atoms with van der Waals surface area (Å²) in [5, 5.41) is 22.2. The van der Waals surface area contributed by atoms with Crippen LogP contribution in [0.5, 0.6) is 0 Å². The Balaban J connectivity index is 1.50. The first kappa shape index (κ1) is 30.0. The normalized spacial score (nSPS) is 16.4. The lowest BCUT2D eigenvalue weighted by molar-refractivity contribution is -0.137. The van der Waals surface area contributed by atoms with Crippen LogP contribution in [0.2, 0.25) is 0 Å². The molecular weight excluding hydrogens is 573 g/mol. The molecule has 0 bridgehead atoms. The highest BCUT2D eigenvalue weighted by Crippen LogP contribution is 2.34. The van der Waals surface area contributed by atoms with Crippen molar-refractivity contribution in [1.29, 1.82) is 5.26 Å². The molecule has 0 saturated carbocycles. The summed E-state index contributed by atoms with van der Waals surface area (Å²) in [6.07, 6.45) is -0.154. The first-order valence-corrected chi connectivity index (χ1v) is 13.6. The van der Waals surface area contributed by atoms with Gasteiger partial charge < -0.3 is 20.2 Å². The molecule has 1 fully saturated rings. The van der Waals surface area contributed by atoms with Crippen molar-refractivity contribution in [2.75, 3.05) is 29.4 Å². The zero-order valence-electron chi connectivity index (χ0n) is 24.1. The van der Waals surface area contributed by atoms with Gasteiger partial charge in [0.2, 0.25) is 0 Å². The van der Waals surface area contributed by atoms with Gasteiger partial charge in [-0.05, 0) is 50.6 Å². The summed E-state index contributed by atoms with van der Waals surface area (Å²) in [5.74, 6) is -0.708. The number of pyridine rings is 1. The number of piperazine rings is 1. The number of nitrogens with one attached hydrogen (secondary N) is 1. The topological polar surface area (TPSA) is 114 Å². The van der Waals surface area contributed by atoms with Gasteiger partial charge in [-0.2, -0.15) is 18.4 Å². The highest BCUT2D eigenvalue weighted by Gasteiger charge is 2.33. The van der Waals surface area contributed by atoms with Crippen LogP contribution in [-0.2, 0) is 11.0 Å². The number of fused-ring (bicyclic) bond motifs is 1. The number of aliphatic carboxylic acids is 1. The molecule has 1 saturated heterocycles. The first-order chi connectivity index (χ1) is 20.8. The van der Waals surface area contributed by atoms with Crippen LogP contribution in [0.1, 0.15) is 34.7 Å². The van der Waals surface area contributed by atoms with Crippen molar-refractivity contribution in [3.63, 3.8) is 0 Å². The first-order valence-electron chi connectivity index (χ1n) is 13.6. The van der Waals surface area contributed by atoms with E-state index in [1.54, 1.807) is 19.2 Å². The number of carbonyl (C=O) groups is 1. The van der Waals surface area contributed by atoms with Gasteiger partial charge in [0.1, 0.15) is 11.9 Å². The minimum atomic E-state index is -4.56. The van der Waals surface area contributed by atoms with E-state index in [1.807, 2.05) is 29.7 Å². The molecule has 3 heterocycles. The summed E-state index contributed by atoms with van der Waals surface area (Å²) in [4.78, 5) is 34.1. The molecule has 2 aromatic heterocycles. The van der Waals surface area contributed by atoms with Crippen LogP contribution in [0.25, 0.3) is 11.3 Å². The van der Waals surface area contributed by atoms with Gasteiger partial charge in [-0.1, -0.05) is 18.0 Å². The van der Waals surface area contributed by atoms with Crippen molar-refractivity contribution in [2.45, 2.75) is 33.0 Å². The summed E-state index contributed by atoms with van der Waals surface area (Å²) in [5.41, 5.74) is 7.02. The van der Waals surface area contributed by atoms with E-state index in [-0.39, 0.29) is 28.4 Å². The Morgan fingerprint density at radius 2 is 1.93 bits per heavy atom. The predicted octanol–water partition coefficient (Wildman–Crippen LogP) is 4.70. The van der Waals surface area contributed by atoms with Crippen LogP contribution in [0.4, 0.5) is 24.7 Å². The molecule has 1 aromatic carbocycles. The average molecular weight is 601 g/mol. The minimum Gasteiger partial charge on any atom is -0.478 e. The van der Waals surface area contributed by atoms with Crippen molar-refractivity contribution in [3.05, 3.63) is 110 Å². The number of hydrogen-bond donors (Lipinski definition) is 2. The molecule has 224 valence electrons. The lowest BCUT2D eigenvalue weighted by Crippen LogP contribution is -2.53. The smallest absolute Gasteiger partial charge is 0.416 e. The number of hydrogen-bond acceptors (Lipinski definition) is 7. The van der Waals surface area contributed by atoms with Crippen LogP contribution in [-0.4, -0.2) is 46.1 Å². The van der Waals surface area contributed by atoms with Crippen LogP contribution >= 0.6 is 0 Å². The van der Waals surface area contributed by atoms with Gasteiger partial charge in [0.25, 0.3) is 5.56 Å². The summed E-state index contributed by atoms with van der Waals surface area (Å²) in [6.45, 7) is 10.6. The monoisotopic (exact) mass is 600 g/mol. The molecule has 0 amide bonds. The average Bonchev–Trinajstić information content (AvgIpc) is 2.98. The van der Waals surface area contributed by atoms with Crippen LogP contribution in [0, 0.1) is 25.2 Å². The number of rotatable bonds is 6. The maximum atomic E-state index is 13.6. The molecule has 44 heavy (non-hydrogen) atoms. The summed E-state index contributed by atoms with van der Waals surface area (Å²) >= 11 is 0. The second-order valence-corrected chi connectivity index (χ2v) is 10.6. The van der Waals surface area contributed by atoms with Gasteiger partial charge in [0.15, 0.2) is 5.65 Å². The van der Waals surface area contributed by atoms with Crippen molar-refractivity contribution in [1.82, 2.24) is 14.7 Å². The van der Waals surface area contributed by atoms with Crippen molar-refractivity contribution >= 4 is 28.8 Å². The van der Waals surface area contributed by atoms with Crippen LogP contribution < -0.4 is 20.7 Å². The number of benzene rings is 1. The number of carboxylic acids is 1. The summed E-state index contributed by atoms with van der Waals surface area (Å²) in [7, 11) is 0. The minimum absolute atomic E-state index is 0.0252. The molecule has 1 unspecified atom stereocenters.